The summed E-state index contributed by atoms with van der Waals surface area (Å²) in [4.78, 5) is 13.4. The average Bonchev–Trinajstić information content (AvgIpc) is 3.22. The van der Waals surface area contributed by atoms with Crippen molar-refractivity contribution in [3.8, 4) is 11.3 Å². The summed E-state index contributed by atoms with van der Waals surface area (Å²) in [5, 5.41) is 1.87. The van der Waals surface area contributed by atoms with Crippen LogP contribution in [0.1, 0.15) is 47.7 Å². The van der Waals surface area contributed by atoms with E-state index >= 15 is 0 Å². The van der Waals surface area contributed by atoms with Crippen LogP contribution < -0.4 is 0 Å². The van der Waals surface area contributed by atoms with Gasteiger partial charge in [-0.3, -0.25) is 4.79 Å². The molecule has 0 spiro atoms. The molecule has 164 valence electrons. The number of alkyl halides is 3. The molecular formula is C27H24F3NO. The largest absolute Gasteiger partial charge is 0.416 e. The zero-order chi connectivity index (χ0) is 22.7. The number of nitrogens with zero attached hydrogens (tertiary/aromatic N) is 1. The Labute approximate surface area is 185 Å². The number of halogens is 3. The van der Waals surface area contributed by atoms with Crippen molar-refractivity contribution in [2.45, 2.75) is 38.9 Å². The van der Waals surface area contributed by atoms with Gasteiger partial charge >= 0.3 is 6.18 Å². The number of rotatable bonds is 7. The first-order valence-corrected chi connectivity index (χ1v) is 10.8. The molecule has 32 heavy (non-hydrogen) atoms. The van der Waals surface area contributed by atoms with Crippen molar-refractivity contribution in [3.05, 3.63) is 95.7 Å². The van der Waals surface area contributed by atoms with E-state index in [2.05, 4.69) is 6.92 Å². The Kier molecular flexibility index (Phi) is 6.17. The van der Waals surface area contributed by atoms with Gasteiger partial charge in [-0.15, -0.1) is 0 Å². The van der Waals surface area contributed by atoms with Crippen molar-refractivity contribution >= 4 is 16.6 Å². The monoisotopic (exact) mass is 435 g/mol. The number of carbonyl (C=O) groups is 1. The number of hydrogen-bond donors (Lipinski definition) is 0. The number of fused-ring (bicyclic) bond motifs is 1. The van der Waals surface area contributed by atoms with Crippen molar-refractivity contribution in [2.75, 3.05) is 0 Å². The Balaban J connectivity index is 1.74. The molecule has 0 N–H and O–H groups in total. The van der Waals surface area contributed by atoms with Crippen molar-refractivity contribution in [1.29, 1.82) is 0 Å². The zero-order valence-corrected chi connectivity index (χ0v) is 17.8. The minimum Gasteiger partial charge on any atom is -0.347 e. The van der Waals surface area contributed by atoms with E-state index in [1.165, 1.54) is 12.1 Å². The molecule has 1 heterocycles. The van der Waals surface area contributed by atoms with Crippen LogP contribution in [0.2, 0.25) is 0 Å². The Bertz CT molecular complexity index is 1230. The summed E-state index contributed by atoms with van der Waals surface area (Å²) in [6, 6.07) is 20.3. The third-order valence-electron chi connectivity index (χ3n) is 5.70. The first-order valence-electron chi connectivity index (χ1n) is 10.8. The van der Waals surface area contributed by atoms with Gasteiger partial charge in [-0.05, 0) is 41.0 Å². The van der Waals surface area contributed by atoms with Crippen molar-refractivity contribution < 1.29 is 18.0 Å². The quantitative estimate of drug-likeness (QED) is 0.215. The molecule has 0 amide bonds. The second kappa shape index (κ2) is 9.03. The molecule has 0 saturated heterocycles. The molecule has 4 aromatic rings. The first kappa shape index (κ1) is 21.9. The molecule has 1 aromatic heterocycles. The van der Waals surface area contributed by atoms with Crippen molar-refractivity contribution in [3.63, 3.8) is 0 Å². The highest BCUT2D eigenvalue weighted by atomic mass is 19.4. The van der Waals surface area contributed by atoms with Crippen LogP contribution in [0, 0.1) is 0 Å². The van der Waals surface area contributed by atoms with Gasteiger partial charge in [0.2, 0.25) is 0 Å². The van der Waals surface area contributed by atoms with Gasteiger partial charge in [0, 0.05) is 29.6 Å². The fraction of sp³-hybridized carbons (Fsp3) is 0.222. The highest BCUT2D eigenvalue weighted by Crippen LogP contribution is 2.32. The lowest BCUT2D eigenvalue weighted by Gasteiger charge is -2.11. The van der Waals surface area contributed by atoms with Gasteiger partial charge in [-0.25, -0.2) is 0 Å². The van der Waals surface area contributed by atoms with Gasteiger partial charge in [-0.1, -0.05) is 74.4 Å². The molecule has 0 atom stereocenters. The molecule has 0 radical (unpaired) electrons. The lowest BCUT2D eigenvalue weighted by molar-refractivity contribution is -0.137. The third-order valence-corrected chi connectivity index (χ3v) is 5.70. The number of ketones is 1. The van der Waals surface area contributed by atoms with E-state index < -0.39 is 11.7 Å². The second-order valence-electron chi connectivity index (χ2n) is 7.95. The minimum absolute atomic E-state index is 0.0933. The predicted molar refractivity (Wildman–Crippen MR) is 122 cm³/mol. The molecule has 0 aliphatic carbocycles. The second-order valence-corrected chi connectivity index (χ2v) is 7.95. The molecule has 4 rings (SSSR count). The first-order chi connectivity index (χ1) is 15.4. The summed E-state index contributed by atoms with van der Waals surface area (Å²) in [7, 11) is 0. The molecule has 0 unspecified atom stereocenters. The van der Waals surface area contributed by atoms with Crippen LogP contribution in [-0.4, -0.2) is 10.4 Å². The van der Waals surface area contributed by atoms with E-state index in [1.807, 2.05) is 53.2 Å². The number of aryl methyl sites for hydroxylation is 1. The zero-order valence-electron chi connectivity index (χ0n) is 17.8. The lowest BCUT2D eigenvalue weighted by Crippen LogP contribution is -2.04. The van der Waals surface area contributed by atoms with Crippen molar-refractivity contribution in [2.24, 2.45) is 0 Å². The normalized spacial score (nSPS) is 11.8. The van der Waals surface area contributed by atoms with E-state index in [4.69, 9.17) is 0 Å². The summed E-state index contributed by atoms with van der Waals surface area (Å²) >= 11 is 0. The van der Waals surface area contributed by atoms with Crippen LogP contribution in [0.25, 0.3) is 22.0 Å². The van der Waals surface area contributed by atoms with Gasteiger partial charge < -0.3 is 4.57 Å². The van der Waals surface area contributed by atoms with Crippen LogP contribution in [0.15, 0.2) is 79.0 Å². The molecule has 0 bridgehead atoms. The molecule has 0 aliphatic heterocycles. The van der Waals surface area contributed by atoms with Crippen LogP contribution in [-0.2, 0) is 12.7 Å². The molecule has 2 nitrogen and oxygen atoms in total. The highest BCUT2D eigenvalue weighted by Gasteiger charge is 2.30. The lowest BCUT2D eigenvalue weighted by atomic mass is 9.98. The number of aromatic nitrogens is 1. The third kappa shape index (κ3) is 4.47. The Morgan fingerprint density at radius 1 is 0.906 bits per heavy atom. The molecule has 5 heteroatoms. The van der Waals surface area contributed by atoms with Crippen LogP contribution >= 0.6 is 0 Å². The highest BCUT2D eigenvalue weighted by molar-refractivity contribution is 6.16. The maximum Gasteiger partial charge on any atom is 0.416 e. The maximum atomic E-state index is 13.4. The summed E-state index contributed by atoms with van der Waals surface area (Å²) in [5.74, 6) is -0.0933. The van der Waals surface area contributed by atoms with E-state index in [-0.39, 0.29) is 5.78 Å². The Morgan fingerprint density at radius 3 is 2.34 bits per heavy atom. The minimum atomic E-state index is -4.38. The van der Waals surface area contributed by atoms with E-state index in [1.54, 1.807) is 6.07 Å². The van der Waals surface area contributed by atoms with Gasteiger partial charge in [0.05, 0.1) is 5.56 Å². The molecule has 0 aliphatic rings. The topological polar surface area (TPSA) is 22.0 Å². The van der Waals surface area contributed by atoms with E-state index in [0.717, 1.165) is 47.9 Å². The Hall–Kier alpha value is -3.34. The fourth-order valence-corrected chi connectivity index (χ4v) is 4.00. The SMILES string of the molecule is CCCCCn1cc(C(=O)c2cccc3ccccc23)cc1-c1ccc(C(F)(F)F)cc1. The summed E-state index contributed by atoms with van der Waals surface area (Å²) < 4.78 is 40.9. The molecule has 3 aromatic carbocycles. The van der Waals surface area contributed by atoms with Gasteiger partial charge in [0.1, 0.15) is 0 Å². The van der Waals surface area contributed by atoms with Crippen LogP contribution in [0.4, 0.5) is 13.2 Å². The average molecular weight is 435 g/mol. The summed E-state index contributed by atoms with van der Waals surface area (Å²) in [6.45, 7) is 2.81. The number of benzene rings is 3. The van der Waals surface area contributed by atoms with Gasteiger partial charge in [0.15, 0.2) is 5.78 Å². The fourth-order valence-electron chi connectivity index (χ4n) is 4.00. The van der Waals surface area contributed by atoms with E-state index in [0.29, 0.717) is 23.2 Å². The molecular weight excluding hydrogens is 411 g/mol. The van der Waals surface area contributed by atoms with Gasteiger partial charge in [0.25, 0.3) is 0 Å². The summed E-state index contributed by atoms with van der Waals surface area (Å²) in [5.41, 5.74) is 1.88. The van der Waals surface area contributed by atoms with E-state index in [9.17, 15) is 18.0 Å². The number of hydrogen-bond acceptors (Lipinski definition) is 1. The standard InChI is InChI=1S/C27H24F3NO/c1-2-3-6-16-31-18-21(17-25(31)20-12-14-22(15-13-20)27(28,29)30)26(32)24-11-7-9-19-8-4-5-10-23(19)24/h4-5,7-15,17-18H,2-3,6,16H2,1H3. The summed E-state index contributed by atoms with van der Waals surface area (Å²) in [6.07, 6.45) is 0.473. The van der Waals surface area contributed by atoms with Crippen molar-refractivity contribution in [1.82, 2.24) is 4.57 Å². The molecule has 0 fully saturated rings. The number of unbranched alkanes of at least 4 members (excludes halogenated alkanes) is 2. The Morgan fingerprint density at radius 2 is 1.62 bits per heavy atom. The number of carbonyl (C=O) groups excluding carboxylic acids is 1. The predicted octanol–water partition coefficient (Wildman–Crippen LogP) is 7.75. The maximum absolute atomic E-state index is 13.4. The smallest absolute Gasteiger partial charge is 0.347 e. The van der Waals surface area contributed by atoms with Crippen LogP contribution in [0.5, 0.6) is 0 Å². The van der Waals surface area contributed by atoms with Gasteiger partial charge in [-0.2, -0.15) is 13.2 Å². The van der Waals surface area contributed by atoms with Crippen LogP contribution in [0.3, 0.4) is 0 Å². The molecule has 0 saturated carbocycles.